The van der Waals surface area contributed by atoms with Gasteiger partial charge in [0.15, 0.2) is 0 Å². The summed E-state index contributed by atoms with van der Waals surface area (Å²) in [4.78, 5) is 25.6. The number of aliphatic carboxylic acids is 1. The smallest absolute Gasteiger partial charge is 0.329 e. The summed E-state index contributed by atoms with van der Waals surface area (Å²) < 4.78 is 4.76. The summed E-state index contributed by atoms with van der Waals surface area (Å²) in [5.41, 5.74) is 6.63. The number of nitrogens with zero attached hydrogens (tertiary/aromatic N) is 1. The maximum atomic E-state index is 11.4. The second-order valence-electron chi connectivity index (χ2n) is 3.56. The van der Waals surface area contributed by atoms with Gasteiger partial charge in [-0.1, -0.05) is 0 Å². The normalized spacial score (nSPS) is 10.0. The number of aromatic nitrogens is 1. The van der Waals surface area contributed by atoms with Crippen LogP contribution in [0.5, 0.6) is 0 Å². The van der Waals surface area contributed by atoms with Crippen molar-refractivity contribution in [1.82, 2.24) is 10.3 Å². The highest BCUT2D eigenvalue weighted by Crippen LogP contribution is 2.01. The van der Waals surface area contributed by atoms with E-state index < -0.39 is 5.97 Å². The van der Waals surface area contributed by atoms with Gasteiger partial charge in [-0.15, -0.1) is 0 Å². The Hall–Kier alpha value is -2.15. The predicted octanol–water partition coefficient (Wildman–Crippen LogP) is -0.576. The van der Waals surface area contributed by atoms with Gasteiger partial charge in [0, 0.05) is 12.2 Å². The lowest BCUT2D eigenvalue weighted by atomic mass is 10.2. The number of carbonyl (C=O) groups is 2. The van der Waals surface area contributed by atoms with Gasteiger partial charge >= 0.3 is 5.97 Å². The van der Waals surface area contributed by atoms with Gasteiger partial charge in [0.1, 0.15) is 6.61 Å². The number of hydrogen-bond acceptors (Lipinski definition) is 5. The molecule has 0 saturated heterocycles. The van der Waals surface area contributed by atoms with Crippen molar-refractivity contribution in [2.45, 2.75) is 6.42 Å². The molecule has 4 N–H and O–H groups in total. The van der Waals surface area contributed by atoms with Gasteiger partial charge in [-0.2, -0.15) is 0 Å². The molecule has 0 aliphatic carbocycles. The molecular weight excluding hydrogens is 238 g/mol. The van der Waals surface area contributed by atoms with E-state index in [1.807, 2.05) is 0 Å². The number of carboxylic acid groups (broad SMARTS) is 1. The van der Waals surface area contributed by atoms with E-state index in [4.69, 9.17) is 15.6 Å². The lowest BCUT2D eigenvalue weighted by Crippen LogP contribution is -2.29. The minimum atomic E-state index is -1.03. The van der Waals surface area contributed by atoms with Gasteiger partial charge in [-0.3, -0.25) is 9.78 Å². The Balaban J connectivity index is 2.17. The summed E-state index contributed by atoms with van der Waals surface area (Å²) >= 11 is 0. The van der Waals surface area contributed by atoms with Gasteiger partial charge in [-0.25, -0.2) is 4.79 Å². The first-order valence-electron chi connectivity index (χ1n) is 5.34. The van der Waals surface area contributed by atoms with Crippen LogP contribution in [0.25, 0.3) is 0 Å². The number of nitrogens with two attached hydrogens (primary N) is 1. The average molecular weight is 253 g/mol. The van der Waals surface area contributed by atoms with E-state index in [1.54, 1.807) is 12.1 Å². The summed E-state index contributed by atoms with van der Waals surface area (Å²) in [6, 6.07) is 3.35. The van der Waals surface area contributed by atoms with Crippen molar-refractivity contribution in [1.29, 1.82) is 0 Å². The summed E-state index contributed by atoms with van der Waals surface area (Å²) in [6.07, 6.45) is 1.64. The summed E-state index contributed by atoms with van der Waals surface area (Å²) in [5, 5.41) is 10.9. The molecule has 0 fully saturated rings. The number of anilines is 1. The van der Waals surface area contributed by atoms with E-state index >= 15 is 0 Å². The van der Waals surface area contributed by atoms with Gasteiger partial charge in [0.25, 0.3) is 0 Å². The Kier molecular flexibility index (Phi) is 5.59. The van der Waals surface area contributed by atoms with Crippen molar-refractivity contribution in [2.24, 2.45) is 0 Å². The standard InChI is InChI=1S/C11H15N3O4/c12-8-1-2-9(14-6-8)5-10(15)13-3-4-18-7-11(16)17/h1-2,6H,3-5,7,12H2,(H,13,15)(H,16,17). The molecule has 0 aromatic carbocycles. The van der Waals surface area contributed by atoms with Crippen LogP contribution in [0.15, 0.2) is 18.3 Å². The number of hydrogen-bond donors (Lipinski definition) is 3. The number of nitrogen functional groups attached to an aromatic ring is 1. The fourth-order valence-electron chi connectivity index (χ4n) is 1.19. The fraction of sp³-hybridized carbons (Fsp3) is 0.364. The largest absolute Gasteiger partial charge is 0.480 e. The minimum absolute atomic E-state index is 0.152. The maximum absolute atomic E-state index is 11.4. The van der Waals surface area contributed by atoms with Crippen LogP contribution in [0.2, 0.25) is 0 Å². The highest BCUT2D eigenvalue weighted by atomic mass is 16.5. The SMILES string of the molecule is Nc1ccc(CC(=O)NCCOCC(=O)O)nc1. The number of carboxylic acids is 1. The van der Waals surface area contributed by atoms with Crippen LogP contribution < -0.4 is 11.1 Å². The molecular formula is C11H15N3O4. The Morgan fingerprint density at radius 3 is 2.83 bits per heavy atom. The first-order valence-corrected chi connectivity index (χ1v) is 5.34. The van der Waals surface area contributed by atoms with E-state index in [0.717, 1.165) is 0 Å². The van der Waals surface area contributed by atoms with Gasteiger partial charge < -0.3 is 20.9 Å². The van der Waals surface area contributed by atoms with Crippen molar-refractivity contribution in [3.05, 3.63) is 24.0 Å². The van der Waals surface area contributed by atoms with Crippen LogP contribution >= 0.6 is 0 Å². The monoisotopic (exact) mass is 253 g/mol. The number of pyridine rings is 1. The summed E-state index contributed by atoms with van der Waals surface area (Å²) in [5.74, 6) is -1.24. The van der Waals surface area contributed by atoms with Gasteiger partial charge in [-0.05, 0) is 12.1 Å². The molecule has 0 spiro atoms. The number of carbonyl (C=O) groups excluding carboxylic acids is 1. The third kappa shape index (κ3) is 5.80. The van der Waals surface area contributed by atoms with Crippen LogP contribution in [0, 0.1) is 0 Å². The summed E-state index contributed by atoms with van der Waals surface area (Å²) in [6.45, 7) is 0.0592. The fourth-order valence-corrected chi connectivity index (χ4v) is 1.19. The Labute approximate surface area is 104 Å². The van der Waals surface area contributed by atoms with E-state index in [2.05, 4.69) is 10.3 Å². The van der Waals surface area contributed by atoms with Crippen molar-refractivity contribution in [2.75, 3.05) is 25.5 Å². The molecule has 0 unspecified atom stereocenters. The van der Waals surface area contributed by atoms with E-state index in [-0.39, 0.29) is 32.1 Å². The zero-order chi connectivity index (χ0) is 13.4. The molecule has 0 saturated carbocycles. The van der Waals surface area contributed by atoms with Crippen LogP contribution in [-0.2, 0) is 20.7 Å². The van der Waals surface area contributed by atoms with Crippen molar-refractivity contribution in [3.63, 3.8) is 0 Å². The molecule has 7 heteroatoms. The Morgan fingerprint density at radius 2 is 2.22 bits per heavy atom. The van der Waals surface area contributed by atoms with Crippen molar-refractivity contribution < 1.29 is 19.4 Å². The predicted molar refractivity (Wildman–Crippen MR) is 63.8 cm³/mol. The lowest BCUT2D eigenvalue weighted by Gasteiger charge is -2.05. The molecule has 1 rings (SSSR count). The number of nitrogens with one attached hydrogen (secondary N) is 1. The quantitative estimate of drug-likeness (QED) is 0.560. The molecule has 0 aliphatic heterocycles. The van der Waals surface area contributed by atoms with Crippen LogP contribution in [0.1, 0.15) is 5.69 Å². The zero-order valence-corrected chi connectivity index (χ0v) is 9.76. The third-order valence-electron chi connectivity index (χ3n) is 1.98. The topological polar surface area (TPSA) is 115 Å². The highest BCUT2D eigenvalue weighted by Gasteiger charge is 2.04. The molecule has 7 nitrogen and oxygen atoms in total. The van der Waals surface area contributed by atoms with Crippen LogP contribution in [0.4, 0.5) is 5.69 Å². The zero-order valence-electron chi connectivity index (χ0n) is 9.76. The average Bonchev–Trinajstić information content (AvgIpc) is 2.31. The van der Waals surface area contributed by atoms with E-state index in [0.29, 0.717) is 11.4 Å². The minimum Gasteiger partial charge on any atom is -0.480 e. The lowest BCUT2D eigenvalue weighted by molar-refractivity contribution is -0.142. The second-order valence-corrected chi connectivity index (χ2v) is 3.56. The molecule has 1 heterocycles. The molecule has 18 heavy (non-hydrogen) atoms. The van der Waals surface area contributed by atoms with Crippen molar-refractivity contribution in [3.8, 4) is 0 Å². The van der Waals surface area contributed by atoms with Crippen LogP contribution in [-0.4, -0.2) is 41.7 Å². The number of amides is 1. The first kappa shape index (κ1) is 13.9. The highest BCUT2D eigenvalue weighted by molar-refractivity contribution is 5.78. The van der Waals surface area contributed by atoms with Gasteiger partial charge in [0.05, 0.1) is 24.9 Å². The maximum Gasteiger partial charge on any atom is 0.329 e. The second kappa shape index (κ2) is 7.23. The molecule has 1 aromatic rings. The van der Waals surface area contributed by atoms with Crippen molar-refractivity contribution >= 4 is 17.6 Å². The molecule has 1 aromatic heterocycles. The Morgan fingerprint density at radius 1 is 1.44 bits per heavy atom. The molecule has 0 bridgehead atoms. The first-order chi connectivity index (χ1) is 8.58. The van der Waals surface area contributed by atoms with Gasteiger partial charge in [0.2, 0.25) is 5.91 Å². The third-order valence-corrected chi connectivity index (χ3v) is 1.98. The van der Waals surface area contributed by atoms with E-state index in [9.17, 15) is 9.59 Å². The number of rotatable bonds is 7. The number of ether oxygens (including phenoxy) is 1. The molecule has 1 amide bonds. The van der Waals surface area contributed by atoms with Crippen LogP contribution in [0.3, 0.4) is 0 Å². The molecule has 98 valence electrons. The molecule has 0 aliphatic rings. The Bertz CT molecular complexity index is 405. The molecule has 0 radical (unpaired) electrons. The summed E-state index contributed by atoms with van der Waals surface area (Å²) in [7, 11) is 0. The van der Waals surface area contributed by atoms with E-state index in [1.165, 1.54) is 6.20 Å². The molecule has 0 atom stereocenters.